The maximum Gasteiger partial charge on any atom is 0.264 e. The van der Waals surface area contributed by atoms with Crippen molar-refractivity contribution in [3.8, 4) is 5.75 Å². The van der Waals surface area contributed by atoms with Crippen molar-refractivity contribution in [2.75, 3.05) is 30.6 Å². The highest BCUT2D eigenvalue weighted by Crippen LogP contribution is 2.60. The zero-order valence-corrected chi connectivity index (χ0v) is 32.8. The molecule has 280 valence electrons. The molecule has 0 aliphatic carbocycles. The fourth-order valence-corrected chi connectivity index (χ4v) is 14.3. The molecule has 10 heteroatoms. The number of methoxy groups -OCH3 is 1. The van der Waals surface area contributed by atoms with Gasteiger partial charge >= 0.3 is 0 Å². The van der Waals surface area contributed by atoms with Crippen LogP contribution in [-0.2, 0) is 32.9 Å². The highest BCUT2D eigenvalue weighted by atomic mass is 28.3. The first-order valence-corrected chi connectivity index (χ1v) is 22.2. The predicted octanol–water partition coefficient (Wildman–Crippen LogP) is 6.67. The minimum atomic E-state index is -2.54. The van der Waals surface area contributed by atoms with Gasteiger partial charge in [0.05, 0.1) is 57.3 Å². The average Bonchev–Trinajstić information content (AvgIpc) is 3.75. The Morgan fingerprint density at radius 2 is 1.65 bits per heavy atom. The second-order valence-electron chi connectivity index (χ2n) is 16.1. The smallest absolute Gasteiger partial charge is 0.264 e. The Morgan fingerprint density at radius 3 is 2.38 bits per heavy atom. The van der Waals surface area contributed by atoms with Gasteiger partial charge in [0, 0.05) is 36.1 Å². The number of aliphatic hydroxyl groups is 1. The van der Waals surface area contributed by atoms with Crippen LogP contribution < -0.4 is 19.7 Å². The SMILES string of the molecule is COc1ccc([Si](C)(C)[C@H]2[C@H](CC(=O)N3Cc4ccccc4C[C@H]3CO)O[C@@]3(C(=O)N(C)c4ccc(N5C(=O)c6cccc7cccc5c67)cc43)[C@@H]2C)cc1. The van der Waals surface area contributed by atoms with Crippen LogP contribution >= 0.6 is 0 Å². The molecule has 1 saturated heterocycles. The van der Waals surface area contributed by atoms with Crippen LogP contribution in [0.3, 0.4) is 0 Å². The third-order valence-corrected chi connectivity index (χ3v) is 17.4. The Labute approximate surface area is 322 Å². The number of hydrogen-bond donors (Lipinski definition) is 1. The number of ether oxygens (including phenoxy) is 2. The van der Waals surface area contributed by atoms with E-state index in [4.69, 9.17) is 9.47 Å². The van der Waals surface area contributed by atoms with Crippen LogP contribution in [-0.4, -0.2) is 68.7 Å². The number of aliphatic hydroxyl groups excluding tert-OH is 1. The van der Waals surface area contributed by atoms with E-state index in [1.54, 1.807) is 28.9 Å². The van der Waals surface area contributed by atoms with Crippen LogP contribution in [0.1, 0.15) is 40.4 Å². The first kappa shape index (κ1) is 35.4. The molecule has 0 radical (unpaired) electrons. The summed E-state index contributed by atoms with van der Waals surface area (Å²) in [7, 11) is 0.892. The first-order valence-electron chi connectivity index (χ1n) is 19.1. The fourth-order valence-electron chi connectivity index (χ4n) is 10.3. The van der Waals surface area contributed by atoms with Gasteiger partial charge in [-0.3, -0.25) is 19.3 Å². The third kappa shape index (κ3) is 5.15. The lowest BCUT2D eigenvalue weighted by atomic mass is 9.82. The van der Waals surface area contributed by atoms with Gasteiger partial charge in [-0.05, 0) is 70.9 Å². The van der Waals surface area contributed by atoms with Crippen molar-refractivity contribution >= 4 is 58.8 Å². The zero-order chi connectivity index (χ0) is 38.4. The number of fused-ring (bicyclic) bond motifs is 3. The molecule has 4 aliphatic rings. The van der Waals surface area contributed by atoms with Gasteiger partial charge in [0.15, 0.2) is 5.60 Å². The Bertz CT molecular complexity index is 2390. The molecule has 1 spiro atoms. The maximum absolute atomic E-state index is 14.9. The largest absolute Gasteiger partial charge is 0.497 e. The van der Waals surface area contributed by atoms with Crippen molar-refractivity contribution in [1.82, 2.24) is 4.90 Å². The Kier molecular flexibility index (Phi) is 8.30. The van der Waals surface area contributed by atoms with E-state index in [1.807, 2.05) is 84.9 Å². The van der Waals surface area contributed by atoms with E-state index in [1.165, 1.54) is 5.19 Å². The summed E-state index contributed by atoms with van der Waals surface area (Å²) >= 11 is 0. The normalized spacial score (nSPS) is 24.2. The van der Waals surface area contributed by atoms with E-state index in [2.05, 4.69) is 38.2 Å². The summed E-state index contributed by atoms with van der Waals surface area (Å²) < 4.78 is 12.8. The molecule has 5 aromatic rings. The molecule has 1 N–H and O–H groups in total. The third-order valence-electron chi connectivity index (χ3n) is 13.0. The maximum atomic E-state index is 14.9. The molecule has 1 fully saturated rings. The van der Waals surface area contributed by atoms with E-state index in [9.17, 15) is 19.5 Å². The van der Waals surface area contributed by atoms with Crippen molar-refractivity contribution in [3.05, 3.63) is 125 Å². The number of carbonyl (C=O) groups is 3. The number of benzene rings is 5. The highest BCUT2D eigenvalue weighted by Gasteiger charge is 2.66. The number of nitrogens with zero attached hydrogens (tertiary/aromatic N) is 3. The van der Waals surface area contributed by atoms with Gasteiger partial charge in [0.25, 0.3) is 11.8 Å². The standard InChI is InChI=1S/C45H45N3O6Si/c1-27-42(55(4,5)34-19-17-33(53-3)18-20-34)39(24-40(50)47-25-30-11-7-6-10-29(30)22-32(47)26-49)54-45(27)36-23-31(16-21-37(36)46(2)44(45)52)48-38-15-9-13-28-12-8-14-35(41(28)38)43(48)51/h6-21,23,27,32,39,42,49H,22,24-26H2,1-5H3/t27-,32+,39+,42-,45+/m1/s1. The molecular weight excluding hydrogens is 707 g/mol. The van der Waals surface area contributed by atoms with Gasteiger partial charge in [-0.25, -0.2) is 0 Å². The van der Waals surface area contributed by atoms with Gasteiger partial charge < -0.3 is 24.4 Å². The fraction of sp³-hybridized carbons (Fsp3) is 0.311. The number of hydrogen-bond acceptors (Lipinski definition) is 6. The van der Waals surface area contributed by atoms with Crippen LogP contribution in [0.25, 0.3) is 10.8 Å². The lowest BCUT2D eigenvalue weighted by molar-refractivity contribution is -0.150. The van der Waals surface area contributed by atoms with Crippen molar-refractivity contribution < 1.29 is 29.0 Å². The summed E-state index contributed by atoms with van der Waals surface area (Å²) in [6, 6.07) is 33.4. The van der Waals surface area contributed by atoms with Crippen LogP contribution in [0.2, 0.25) is 18.6 Å². The number of anilines is 3. The number of likely N-dealkylation sites (N-methyl/N-ethyl adjacent to an activating group) is 1. The number of rotatable bonds is 7. The molecular formula is C45H45N3O6Si. The van der Waals surface area contributed by atoms with Crippen molar-refractivity contribution in [2.45, 2.75) is 62.7 Å². The minimum Gasteiger partial charge on any atom is -0.497 e. The molecule has 9 nitrogen and oxygen atoms in total. The molecule has 4 aliphatic heterocycles. The second kappa shape index (κ2) is 12.9. The summed E-state index contributed by atoms with van der Waals surface area (Å²) in [6.45, 7) is 6.96. The highest BCUT2D eigenvalue weighted by molar-refractivity contribution is 6.91. The molecule has 0 bridgehead atoms. The second-order valence-corrected chi connectivity index (χ2v) is 20.8. The monoisotopic (exact) mass is 751 g/mol. The van der Waals surface area contributed by atoms with E-state index >= 15 is 0 Å². The predicted molar refractivity (Wildman–Crippen MR) is 216 cm³/mol. The topological polar surface area (TPSA) is 99.6 Å². The quantitative estimate of drug-likeness (QED) is 0.187. The first-order chi connectivity index (χ1) is 26.5. The molecule has 3 amide bonds. The number of carbonyl (C=O) groups excluding carboxylic acids is 3. The van der Waals surface area contributed by atoms with Crippen LogP contribution in [0.5, 0.6) is 5.75 Å². The average molecular weight is 752 g/mol. The molecule has 0 aromatic heterocycles. The molecule has 5 aromatic carbocycles. The van der Waals surface area contributed by atoms with E-state index in [0.717, 1.165) is 39.0 Å². The summed E-state index contributed by atoms with van der Waals surface area (Å²) in [6.07, 6.45) is 0.0447. The summed E-state index contributed by atoms with van der Waals surface area (Å²) in [5.41, 5.74) is 4.22. The van der Waals surface area contributed by atoms with Gasteiger partial charge in [0.1, 0.15) is 5.75 Å². The van der Waals surface area contributed by atoms with Gasteiger partial charge in [-0.2, -0.15) is 0 Å². The van der Waals surface area contributed by atoms with Crippen LogP contribution in [0, 0.1) is 5.92 Å². The summed E-state index contributed by atoms with van der Waals surface area (Å²) in [5.74, 6) is 0.0377. The Morgan fingerprint density at radius 1 is 0.927 bits per heavy atom. The molecule has 0 unspecified atom stereocenters. The van der Waals surface area contributed by atoms with Gasteiger partial charge in [-0.1, -0.05) is 85.9 Å². The lowest BCUT2D eigenvalue weighted by Gasteiger charge is -2.39. The Hall–Kier alpha value is -5.29. The van der Waals surface area contributed by atoms with Crippen molar-refractivity contribution in [2.24, 2.45) is 5.92 Å². The molecule has 5 atom stereocenters. The van der Waals surface area contributed by atoms with Crippen molar-refractivity contribution in [1.29, 1.82) is 0 Å². The molecule has 55 heavy (non-hydrogen) atoms. The van der Waals surface area contributed by atoms with E-state index in [0.29, 0.717) is 29.8 Å². The van der Waals surface area contributed by atoms with Crippen molar-refractivity contribution in [3.63, 3.8) is 0 Å². The molecule has 0 saturated carbocycles. The van der Waals surface area contributed by atoms with Gasteiger partial charge in [0.2, 0.25) is 5.91 Å². The number of amides is 3. The molecule has 9 rings (SSSR count). The van der Waals surface area contributed by atoms with E-state index in [-0.39, 0.29) is 48.3 Å². The van der Waals surface area contributed by atoms with Gasteiger partial charge in [-0.15, -0.1) is 0 Å². The summed E-state index contributed by atoms with van der Waals surface area (Å²) in [4.78, 5) is 48.7. The Balaban J connectivity index is 1.14. The summed E-state index contributed by atoms with van der Waals surface area (Å²) in [5, 5.41) is 13.6. The zero-order valence-electron chi connectivity index (χ0n) is 31.8. The lowest BCUT2D eigenvalue weighted by Crippen LogP contribution is -2.52. The minimum absolute atomic E-state index is 0.0654. The van der Waals surface area contributed by atoms with Crippen LogP contribution in [0.4, 0.5) is 17.1 Å². The molecule has 4 heterocycles. The van der Waals surface area contributed by atoms with E-state index < -0.39 is 19.8 Å². The van der Waals surface area contributed by atoms with Crippen LogP contribution in [0.15, 0.2) is 103 Å².